The molecular formula is C16H10BrF3O. The van der Waals surface area contributed by atoms with Crippen LogP contribution in [0.1, 0.15) is 16.7 Å². The third kappa shape index (κ3) is 2.83. The highest BCUT2D eigenvalue weighted by Gasteiger charge is 2.30. The predicted molar refractivity (Wildman–Crippen MR) is 78.2 cm³/mol. The molecule has 0 saturated carbocycles. The van der Waals surface area contributed by atoms with Crippen LogP contribution in [0.25, 0.3) is 5.57 Å². The van der Waals surface area contributed by atoms with Gasteiger partial charge in [0, 0.05) is 10.0 Å². The van der Waals surface area contributed by atoms with E-state index in [4.69, 9.17) is 4.74 Å². The summed E-state index contributed by atoms with van der Waals surface area (Å²) in [6.07, 6.45) is -2.44. The van der Waals surface area contributed by atoms with Crippen molar-refractivity contribution in [3.63, 3.8) is 0 Å². The average Bonchev–Trinajstić information content (AvgIpc) is 2.45. The van der Waals surface area contributed by atoms with E-state index in [-0.39, 0.29) is 0 Å². The summed E-state index contributed by atoms with van der Waals surface area (Å²) in [7, 11) is 0. The molecule has 2 aromatic carbocycles. The summed E-state index contributed by atoms with van der Waals surface area (Å²) in [4.78, 5) is 0. The Labute approximate surface area is 128 Å². The third-order valence-electron chi connectivity index (χ3n) is 3.28. The van der Waals surface area contributed by atoms with Crippen molar-refractivity contribution in [3.05, 3.63) is 69.7 Å². The molecule has 0 spiro atoms. The second-order valence-electron chi connectivity index (χ2n) is 4.64. The minimum absolute atomic E-state index is 0.403. The van der Waals surface area contributed by atoms with E-state index in [1.54, 1.807) is 0 Å². The van der Waals surface area contributed by atoms with Crippen LogP contribution in [0.5, 0.6) is 5.75 Å². The molecule has 0 saturated heterocycles. The van der Waals surface area contributed by atoms with Gasteiger partial charge < -0.3 is 4.74 Å². The fraction of sp³-hybridized carbons (Fsp3) is 0.125. The minimum atomic E-state index is -4.31. The van der Waals surface area contributed by atoms with Crippen LogP contribution >= 0.6 is 15.9 Å². The lowest BCUT2D eigenvalue weighted by Gasteiger charge is -2.19. The molecule has 0 bridgehead atoms. The molecule has 108 valence electrons. The quantitative estimate of drug-likeness (QED) is 0.675. The first-order valence-electron chi connectivity index (χ1n) is 6.26. The summed E-state index contributed by atoms with van der Waals surface area (Å²) >= 11 is 3.37. The van der Waals surface area contributed by atoms with Gasteiger partial charge in [-0.1, -0.05) is 28.1 Å². The summed E-state index contributed by atoms with van der Waals surface area (Å²) in [5, 5.41) is 0. The Morgan fingerprint density at radius 3 is 2.38 bits per heavy atom. The average molecular weight is 355 g/mol. The number of halogens is 4. The molecule has 0 aromatic heterocycles. The summed E-state index contributed by atoms with van der Waals surface area (Å²) in [6, 6.07) is 10.8. The van der Waals surface area contributed by atoms with Gasteiger partial charge >= 0.3 is 6.18 Å². The molecule has 1 heterocycles. The topological polar surface area (TPSA) is 9.23 Å². The zero-order chi connectivity index (χ0) is 15.0. The van der Waals surface area contributed by atoms with Gasteiger partial charge in [0.25, 0.3) is 0 Å². The van der Waals surface area contributed by atoms with Crippen molar-refractivity contribution in [2.75, 3.05) is 6.61 Å². The molecular weight excluding hydrogens is 345 g/mol. The fourth-order valence-electron chi connectivity index (χ4n) is 2.27. The molecule has 1 aliphatic heterocycles. The molecule has 0 fully saturated rings. The van der Waals surface area contributed by atoms with Crippen molar-refractivity contribution in [1.82, 2.24) is 0 Å². The predicted octanol–water partition coefficient (Wildman–Crippen LogP) is 5.29. The summed E-state index contributed by atoms with van der Waals surface area (Å²) in [6.45, 7) is 0.403. The van der Waals surface area contributed by atoms with E-state index >= 15 is 0 Å². The largest absolute Gasteiger partial charge is 0.489 e. The van der Waals surface area contributed by atoms with E-state index in [2.05, 4.69) is 15.9 Å². The summed E-state index contributed by atoms with van der Waals surface area (Å²) in [5.41, 5.74) is 1.87. The molecule has 0 unspecified atom stereocenters. The highest BCUT2D eigenvalue weighted by atomic mass is 79.9. The first kappa shape index (κ1) is 14.2. The Morgan fingerprint density at radius 2 is 1.71 bits per heavy atom. The van der Waals surface area contributed by atoms with Crippen LogP contribution in [0, 0.1) is 0 Å². The van der Waals surface area contributed by atoms with E-state index in [1.807, 2.05) is 24.3 Å². The van der Waals surface area contributed by atoms with Gasteiger partial charge in [-0.2, -0.15) is 13.2 Å². The molecule has 0 radical (unpaired) electrons. The lowest BCUT2D eigenvalue weighted by atomic mass is 9.95. The van der Waals surface area contributed by atoms with E-state index in [0.29, 0.717) is 6.61 Å². The monoisotopic (exact) mass is 354 g/mol. The maximum absolute atomic E-state index is 12.6. The Morgan fingerprint density at radius 1 is 1.00 bits per heavy atom. The van der Waals surface area contributed by atoms with Gasteiger partial charge in [-0.15, -0.1) is 0 Å². The molecule has 1 nitrogen and oxygen atoms in total. The van der Waals surface area contributed by atoms with Gasteiger partial charge in [0.05, 0.1) is 5.56 Å². The number of rotatable bonds is 1. The smallest absolute Gasteiger partial charge is 0.416 e. The molecule has 2 aromatic rings. The van der Waals surface area contributed by atoms with E-state index in [9.17, 15) is 13.2 Å². The molecule has 0 aliphatic carbocycles. The van der Waals surface area contributed by atoms with Crippen LogP contribution < -0.4 is 4.74 Å². The third-order valence-corrected chi connectivity index (χ3v) is 3.78. The van der Waals surface area contributed by atoms with E-state index in [0.717, 1.165) is 39.1 Å². The van der Waals surface area contributed by atoms with Crippen molar-refractivity contribution in [2.45, 2.75) is 6.18 Å². The van der Waals surface area contributed by atoms with E-state index < -0.39 is 11.7 Å². The van der Waals surface area contributed by atoms with Gasteiger partial charge in [0.15, 0.2) is 0 Å². The zero-order valence-electron chi connectivity index (χ0n) is 10.7. The Balaban J connectivity index is 2.00. The maximum atomic E-state index is 12.6. The van der Waals surface area contributed by atoms with Gasteiger partial charge in [-0.25, -0.2) is 0 Å². The van der Waals surface area contributed by atoms with Crippen LogP contribution in [0.2, 0.25) is 0 Å². The first-order valence-corrected chi connectivity index (χ1v) is 7.05. The van der Waals surface area contributed by atoms with Crippen molar-refractivity contribution in [3.8, 4) is 5.75 Å². The molecule has 0 atom stereocenters. The molecule has 5 heteroatoms. The Hall–Kier alpha value is -1.75. The van der Waals surface area contributed by atoms with Crippen LogP contribution in [0.3, 0.4) is 0 Å². The van der Waals surface area contributed by atoms with Gasteiger partial charge in [-0.05, 0) is 47.5 Å². The number of fused-ring (bicyclic) bond motifs is 1. The van der Waals surface area contributed by atoms with Crippen molar-refractivity contribution in [2.24, 2.45) is 0 Å². The second-order valence-corrected chi connectivity index (χ2v) is 5.56. The highest BCUT2D eigenvalue weighted by Crippen LogP contribution is 2.37. The lowest BCUT2D eigenvalue weighted by Crippen LogP contribution is -2.07. The van der Waals surface area contributed by atoms with Gasteiger partial charge in [-0.3, -0.25) is 0 Å². The van der Waals surface area contributed by atoms with Crippen LogP contribution in [0.4, 0.5) is 13.2 Å². The number of ether oxygens (including phenoxy) is 1. The number of benzene rings is 2. The first-order chi connectivity index (χ1) is 9.95. The molecule has 21 heavy (non-hydrogen) atoms. The van der Waals surface area contributed by atoms with Crippen LogP contribution in [0.15, 0.2) is 53.0 Å². The Kier molecular flexibility index (Phi) is 3.53. The van der Waals surface area contributed by atoms with Crippen molar-refractivity contribution >= 4 is 21.5 Å². The number of hydrogen-bond acceptors (Lipinski definition) is 1. The molecule has 1 aliphatic rings. The standard InChI is InChI=1S/C16H10BrF3O/c17-12-5-6-14-13(7-8-21-15(14)9-12)10-1-3-11(4-2-10)16(18,19)20/h1-7,9H,8H2. The lowest BCUT2D eigenvalue weighted by molar-refractivity contribution is -0.137. The van der Waals surface area contributed by atoms with Crippen LogP contribution in [-0.2, 0) is 6.18 Å². The zero-order valence-corrected chi connectivity index (χ0v) is 12.3. The minimum Gasteiger partial charge on any atom is -0.489 e. The highest BCUT2D eigenvalue weighted by molar-refractivity contribution is 9.10. The number of hydrogen-bond donors (Lipinski definition) is 0. The molecule has 0 amide bonds. The fourth-order valence-corrected chi connectivity index (χ4v) is 2.62. The Bertz CT molecular complexity index is 702. The maximum Gasteiger partial charge on any atom is 0.416 e. The van der Waals surface area contributed by atoms with Gasteiger partial charge in [0.1, 0.15) is 12.4 Å². The SMILES string of the molecule is FC(F)(F)c1ccc(C2=CCOc3cc(Br)ccc32)cc1. The van der Waals surface area contributed by atoms with Crippen LogP contribution in [-0.4, -0.2) is 6.61 Å². The normalized spacial score (nSPS) is 14.2. The van der Waals surface area contributed by atoms with Crippen molar-refractivity contribution < 1.29 is 17.9 Å². The second kappa shape index (κ2) is 5.22. The molecule has 3 rings (SSSR count). The van der Waals surface area contributed by atoms with E-state index in [1.165, 1.54) is 12.1 Å². The summed E-state index contributed by atoms with van der Waals surface area (Å²) < 4.78 is 44.3. The van der Waals surface area contributed by atoms with Crippen molar-refractivity contribution in [1.29, 1.82) is 0 Å². The summed E-state index contributed by atoms with van der Waals surface area (Å²) in [5.74, 6) is 0.724. The number of alkyl halides is 3. The van der Waals surface area contributed by atoms with Gasteiger partial charge in [0.2, 0.25) is 0 Å². The molecule has 0 N–H and O–H groups in total.